The fraction of sp³-hybridized carbons (Fsp3) is 0.154. The predicted octanol–water partition coefficient (Wildman–Crippen LogP) is 2.62. The van der Waals surface area contributed by atoms with Crippen molar-refractivity contribution < 1.29 is 14.4 Å². The number of hydrogen-bond donors (Lipinski definition) is 1. The van der Waals surface area contributed by atoms with Crippen LogP contribution in [0.25, 0.3) is 0 Å². The molecule has 0 fully saturated rings. The van der Waals surface area contributed by atoms with Gasteiger partial charge in [-0.1, -0.05) is 30.3 Å². The number of amides is 1. The third-order valence-electron chi connectivity index (χ3n) is 2.30. The van der Waals surface area contributed by atoms with E-state index in [-0.39, 0.29) is 5.91 Å². The lowest BCUT2D eigenvalue weighted by atomic mass is 10.2. The van der Waals surface area contributed by atoms with E-state index in [9.17, 15) is 4.79 Å². The monoisotopic (exact) mass is 263 g/mol. The van der Waals surface area contributed by atoms with Gasteiger partial charge in [-0.05, 0) is 17.0 Å². The minimum Gasteiger partial charge on any atom is -0.495 e. The molecule has 2 aromatic rings. The molecule has 0 radical (unpaired) electrons. The van der Waals surface area contributed by atoms with Gasteiger partial charge in [-0.15, -0.1) is 11.3 Å². The Morgan fingerprint density at radius 3 is 2.78 bits per heavy atom. The quantitative estimate of drug-likeness (QED) is 0.843. The van der Waals surface area contributed by atoms with Gasteiger partial charge in [0.2, 0.25) is 0 Å². The number of hydroxylamine groups is 1. The third-order valence-corrected chi connectivity index (χ3v) is 3.20. The number of ether oxygens (including phenoxy) is 1. The molecular weight excluding hydrogens is 250 g/mol. The first-order valence-electron chi connectivity index (χ1n) is 5.39. The molecule has 1 heterocycles. The average molecular weight is 263 g/mol. The summed E-state index contributed by atoms with van der Waals surface area (Å²) in [6, 6.07) is 11.4. The molecule has 0 atom stereocenters. The first-order chi connectivity index (χ1) is 8.81. The topological polar surface area (TPSA) is 47.6 Å². The van der Waals surface area contributed by atoms with Gasteiger partial charge in [0.25, 0.3) is 5.91 Å². The van der Waals surface area contributed by atoms with Gasteiger partial charge in [0.15, 0.2) is 0 Å². The van der Waals surface area contributed by atoms with Gasteiger partial charge in [-0.2, -0.15) is 0 Å². The lowest BCUT2D eigenvalue weighted by molar-refractivity contribution is 0.0235. The van der Waals surface area contributed by atoms with Crippen molar-refractivity contribution >= 4 is 17.2 Å². The molecule has 1 aromatic carbocycles. The van der Waals surface area contributed by atoms with Crippen LogP contribution < -0.4 is 10.2 Å². The molecule has 1 aromatic heterocycles. The van der Waals surface area contributed by atoms with Gasteiger partial charge in [-0.3, -0.25) is 9.63 Å². The summed E-state index contributed by atoms with van der Waals surface area (Å²) < 4.78 is 5.07. The van der Waals surface area contributed by atoms with Crippen molar-refractivity contribution in [1.82, 2.24) is 5.48 Å². The summed E-state index contributed by atoms with van der Waals surface area (Å²) in [6.07, 6.45) is 0. The summed E-state index contributed by atoms with van der Waals surface area (Å²) in [7, 11) is 1.53. The number of rotatable bonds is 5. The van der Waals surface area contributed by atoms with Crippen LogP contribution in [0.5, 0.6) is 5.75 Å². The average Bonchev–Trinajstić information content (AvgIpc) is 2.88. The maximum atomic E-state index is 11.8. The van der Waals surface area contributed by atoms with Crippen molar-refractivity contribution in [3.8, 4) is 5.75 Å². The lowest BCUT2D eigenvalue weighted by Gasteiger charge is -2.06. The van der Waals surface area contributed by atoms with Crippen LogP contribution in [0.3, 0.4) is 0 Å². The molecule has 5 heteroatoms. The molecule has 1 N–H and O–H groups in total. The van der Waals surface area contributed by atoms with E-state index in [1.54, 1.807) is 11.4 Å². The van der Waals surface area contributed by atoms with Crippen LogP contribution in [0.2, 0.25) is 0 Å². The van der Waals surface area contributed by atoms with Gasteiger partial charge < -0.3 is 4.74 Å². The van der Waals surface area contributed by atoms with Crippen LogP contribution in [0.1, 0.15) is 15.2 Å². The van der Waals surface area contributed by atoms with Gasteiger partial charge in [-0.25, -0.2) is 5.48 Å². The second-order valence-corrected chi connectivity index (χ2v) is 4.44. The highest BCUT2D eigenvalue weighted by molar-refractivity contribution is 7.12. The number of methoxy groups -OCH3 is 1. The summed E-state index contributed by atoms with van der Waals surface area (Å²) in [4.78, 5) is 17.4. The maximum Gasteiger partial charge on any atom is 0.288 e. The number of carbonyl (C=O) groups is 1. The van der Waals surface area contributed by atoms with Gasteiger partial charge >= 0.3 is 0 Å². The minimum atomic E-state index is -0.294. The molecular formula is C13H13NO3S. The summed E-state index contributed by atoms with van der Waals surface area (Å²) in [5, 5.41) is 1.80. The van der Waals surface area contributed by atoms with E-state index < -0.39 is 0 Å². The Morgan fingerprint density at radius 2 is 2.06 bits per heavy atom. The summed E-state index contributed by atoms with van der Waals surface area (Å²) >= 11 is 1.31. The van der Waals surface area contributed by atoms with E-state index in [4.69, 9.17) is 9.57 Å². The molecule has 0 unspecified atom stereocenters. The highest BCUT2D eigenvalue weighted by atomic mass is 32.1. The highest BCUT2D eigenvalue weighted by Gasteiger charge is 2.13. The van der Waals surface area contributed by atoms with E-state index in [1.165, 1.54) is 18.4 Å². The number of carbonyl (C=O) groups excluding carboxylic acids is 1. The van der Waals surface area contributed by atoms with Crippen LogP contribution in [0, 0.1) is 0 Å². The van der Waals surface area contributed by atoms with Crippen molar-refractivity contribution in [1.29, 1.82) is 0 Å². The zero-order chi connectivity index (χ0) is 12.8. The van der Waals surface area contributed by atoms with E-state index in [0.29, 0.717) is 17.2 Å². The van der Waals surface area contributed by atoms with Gasteiger partial charge in [0.05, 0.1) is 13.7 Å². The van der Waals surface area contributed by atoms with Crippen LogP contribution in [0.4, 0.5) is 0 Å². The van der Waals surface area contributed by atoms with E-state index in [2.05, 4.69) is 5.48 Å². The third kappa shape index (κ3) is 3.09. The van der Waals surface area contributed by atoms with Crippen LogP contribution in [0.15, 0.2) is 41.8 Å². The Bertz CT molecular complexity index is 510. The maximum absolute atomic E-state index is 11.8. The van der Waals surface area contributed by atoms with Gasteiger partial charge in [0, 0.05) is 0 Å². The Balaban J connectivity index is 1.86. The molecule has 0 saturated heterocycles. The number of hydrogen-bond acceptors (Lipinski definition) is 4. The zero-order valence-corrected chi connectivity index (χ0v) is 10.7. The fourth-order valence-corrected chi connectivity index (χ4v) is 2.17. The first kappa shape index (κ1) is 12.6. The Kier molecular flexibility index (Phi) is 4.33. The smallest absolute Gasteiger partial charge is 0.288 e. The molecule has 2 rings (SSSR count). The van der Waals surface area contributed by atoms with Crippen molar-refractivity contribution in [3.05, 3.63) is 52.2 Å². The normalized spacial score (nSPS) is 10.1. The van der Waals surface area contributed by atoms with Crippen molar-refractivity contribution in [2.75, 3.05) is 7.11 Å². The molecule has 0 saturated carbocycles. The molecule has 0 aliphatic heterocycles. The van der Waals surface area contributed by atoms with E-state index in [0.717, 1.165) is 5.56 Å². The number of thiophene rings is 1. The molecule has 4 nitrogen and oxygen atoms in total. The Hall–Kier alpha value is -1.85. The van der Waals surface area contributed by atoms with Crippen molar-refractivity contribution in [2.45, 2.75) is 6.61 Å². The summed E-state index contributed by atoms with van der Waals surface area (Å²) in [6.45, 7) is 0.334. The second-order valence-electron chi connectivity index (χ2n) is 3.52. The predicted molar refractivity (Wildman–Crippen MR) is 69.6 cm³/mol. The van der Waals surface area contributed by atoms with Crippen LogP contribution in [-0.2, 0) is 11.4 Å². The summed E-state index contributed by atoms with van der Waals surface area (Å²) in [5.41, 5.74) is 3.40. The van der Waals surface area contributed by atoms with E-state index >= 15 is 0 Å². The van der Waals surface area contributed by atoms with Crippen molar-refractivity contribution in [2.24, 2.45) is 0 Å². The SMILES string of the molecule is COc1ccsc1C(=O)NOCc1ccccc1. The standard InChI is InChI=1S/C13H13NO3S/c1-16-11-7-8-18-12(11)13(15)14-17-9-10-5-3-2-4-6-10/h2-8H,9H2,1H3,(H,14,15). The first-order valence-corrected chi connectivity index (χ1v) is 6.27. The summed E-state index contributed by atoms with van der Waals surface area (Å²) in [5.74, 6) is 0.263. The zero-order valence-electron chi connectivity index (χ0n) is 9.88. The molecule has 1 amide bonds. The number of nitrogens with one attached hydrogen (secondary N) is 1. The van der Waals surface area contributed by atoms with Crippen molar-refractivity contribution in [3.63, 3.8) is 0 Å². The lowest BCUT2D eigenvalue weighted by Crippen LogP contribution is -2.23. The Morgan fingerprint density at radius 1 is 1.28 bits per heavy atom. The molecule has 0 spiro atoms. The molecule has 0 aliphatic carbocycles. The van der Waals surface area contributed by atoms with Crippen LogP contribution in [-0.4, -0.2) is 13.0 Å². The number of benzene rings is 1. The molecule has 0 aliphatic rings. The molecule has 18 heavy (non-hydrogen) atoms. The molecule has 94 valence electrons. The highest BCUT2D eigenvalue weighted by Crippen LogP contribution is 2.23. The minimum absolute atomic E-state index is 0.294. The fourth-order valence-electron chi connectivity index (χ4n) is 1.43. The van der Waals surface area contributed by atoms with E-state index in [1.807, 2.05) is 30.3 Å². The largest absolute Gasteiger partial charge is 0.495 e. The molecule has 0 bridgehead atoms. The van der Waals surface area contributed by atoms with Crippen LogP contribution >= 0.6 is 11.3 Å². The Labute approximate surface area is 109 Å². The second kappa shape index (κ2) is 6.18. The van der Waals surface area contributed by atoms with Gasteiger partial charge in [0.1, 0.15) is 10.6 Å².